The average Bonchev–Trinajstić information content (AvgIpc) is 2.83. The van der Waals surface area contributed by atoms with Crippen LogP contribution in [0.3, 0.4) is 0 Å². The minimum atomic E-state index is 0.478. The summed E-state index contributed by atoms with van der Waals surface area (Å²) in [4.78, 5) is 0. The molecule has 0 unspecified atom stereocenters. The maximum Gasteiger partial charge on any atom is 0.180 e. The quantitative estimate of drug-likeness (QED) is 0.912. The van der Waals surface area contributed by atoms with Crippen LogP contribution in [0, 0.1) is 6.92 Å². The number of nitrogens with zero attached hydrogens (tertiary/aromatic N) is 4. The van der Waals surface area contributed by atoms with E-state index < -0.39 is 0 Å². The van der Waals surface area contributed by atoms with Crippen LogP contribution in [0.4, 0.5) is 0 Å². The first-order valence-corrected chi connectivity index (χ1v) is 7.88. The molecule has 0 spiro atoms. The Labute approximate surface area is 121 Å². The normalized spacial score (nSPS) is 10.9. The minimum Gasteiger partial charge on any atom is -0.326 e. The summed E-state index contributed by atoms with van der Waals surface area (Å²) in [5.74, 6) is 0. The number of rotatable bonds is 5. The second kappa shape index (κ2) is 6.40. The van der Waals surface area contributed by atoms with Crippen molar-refractivity contribution in [3.05, 3.63) is 21.8 Å². The van der Waals surface area contributed by atoms with Crippen LogP contribution in [0.2, 0.25) is 0 Å². The van der Waals surface area contributed by atoms with E-state index in [0.29, 0.717) is 6.54 Å². The standard InChI is InChI=1S/C12H17N5S2/c1-4-8-9(6-13)11(16-15-10(8)5-2)19-12-17-14-7(3)18-12/h4-6,13H2,1-3H3. The van der Waals surface area contributed by atoms with Crippen molar-refractivity contribution in [3.63, 3.8) is 0 Å². The molecule has 0 fully saturated rings. The molecule has 2 aromatic rings. The highest BCUT2D eigenvalue weighted by Crippen LogP contribution is 2.32. The van der Waals surface area contributed by atoms with Crippen molar-refractivity contribution in [2.75, 3.05) is 0 Å². The van der Waals surface area contributed by atoms with E-state index in [1.54, 1.807) is 11.3 Å². The van der Waals surface area contributed by atoms with Gasteiger partial charge in [0.05, 0.1) is 5.69 Å². The largest absolute Gasteiger partial charge is 0.326 e. The fraction of sp³-hybridized carbons (Fsp3) is 0.500. The molecule has 7 heteroatoms. The molecule has 0 saturated heterocycles. The predicted molar refractivity (Wildman–Crippen MR) is 77.4 cm³/mol. The fourth-order valence-corrected chi connectivity index (χ4v) is 3.77. The van der Waals surface area contributed by atoms with Crippen LogP contribution >= 0.6 is 23.1 Å². The Kier molecular flexibility index (Phi) is 4.84. The second-order valence-electron chi connectivity index (χ2n) is 4.01. The summed E-state index contributed by atoms with van der Waals surface area (Å²) in [7, 11) is 0. The molecule has 2 heterocycles. The van der Waals surface area contributed by atoms with E-state index in [-0.39, 0.29) is 0 Å². The van der Waals surface area contributed by atoms with Gasteiger partial charge < -0.3 is 5.73 Å². The molecule has 0 radical (unpaired) electrons. The van der Waals surface area contributed by atoms with Gasteiger partial charge in [-0.2, -0.15) is 5.10 Å². The Morgan fingerprint density at radius 3 is 2.37 bits per heavy atom. The minimum absolute atomic E-state index is 0.478. The lowest BCUT2D eigenvalue weighted by atomic mass is 10.0. The molecule has 0 amide bonds. The van der Waals surface area contributed by atoms with Crippen LogP contribution in [-0.2, 0) is 19.4 Å². The van der Waals surface area contributed by atoms with Gasteiger partial charge in [0.2, 0.25) is 0 Å². The summed E-state index contributed by atoms with van der Waals surface area (Å²) >= 11 is 3.06. The monoisotopic (exact) mass is 295 g/mol. The summed E-state index contributed by atoms with van der Waals surface area (Å²) in [5, 5.41) is 18.5. The summed E-state index contributed by atoms with van der Waals surface area (Å²) in [6.07, 6.45) is 1.81. The van der Waals surface area contributed by atoms with Crippen LogP contribution in [-0.4, -0.2) is 20.4 Å². The SMILES string of the molecule is CCc1nnc(Sc2nnc(C)s2)c(CN)c1CC. The summed E-state index contributed by atoms with van der Waals surface area (Å²) in [5.41, 5.74) is 9.25. The zero-order valence-electron chi connectivity index (χ0n) is 11.3. The highest BCUT2D eigenvalue weighted by molar-refractivity contribution is 8.01. The van der Waals surface area contributed by atoms with E-state index in [1.165, 1.54) is 17.3 Å². The third kappa shape index (κ3) is 3.10. The van der Waals surface area contributed by atoms with E-state index >= 15 is 0 Å². The Bertz CT molecular complexity index is 567. The smallest absolute Gasteiger partial charge is 0.180 e. The first-order valence-electron chi connectivity index (χ1n) is 6.24. The molecular weight excluding hydrogens is 278 g/mol. The lowest BCUT2D eigenvalue weighted by Crippen LogP contribution is -2.10. The van der Waals surface area contributed by atoms with Crippen LogP contribution in [0.15, 0.2) is 9.37 Å². The third-order valence-electron chi connectivity index (χ3n) is 2.82. The van der Waals surface area contributed by atoms with Gasteiger partial charge in [-0.05, 0) is 37.1 Å². The molecule has 19 heavy (non-hydrogen) atoms. The molecule has 0 aliphatic rings. The van der Waals surface area contributed by atoms with Crippen LogP contribution in [0.1, 0.15) is 35.7 Å². The first-order chi connectivity index (χ1) is 9.19. The van der Waals surface area contributed by atoms with E-state index in [1.807, 2.05) is 6.92 Å². The molecule has 102 valence electrons. The van der Waals surface area contributed by atoms with Gasteiger partial charge in [-0.25, -0.2) is 0 Å². The van der Waals surface area contributed by atoms with Crippen LogP contribution in [0.25, 0.3) is 0 Å². The van der Waals surface area contributed by atoms with Gasteiger partial charge in [-0.3, -0.25) is 0 Å². The summed E-state index contributed by atoms with van der Waals surface area (Å²) in [6, 6.07) is 0. The summed E-state index contributed by atoms with van der Waals surface area (Å²) in [6.45, 7) is 6.63. The number of aromatic nitrogens is 4. The highest BCUT2D eigenvalue weighted by atomic mass is 32.2. The molecular formula is C12H17N5S2. The molecule has 2 rings (SSSR count). The van der Waals surface area contributed by atoms with Gasteiger partial charge in [-0.1, -0.05) is 25.2 Å². The van der Waals surface area contributed by atoms with Crippen molar-refractivity contribution in [3.8, 4) is 0 Å². The molecule has 2 aromatic heterocycles. The predicted octanol–water partition coefficient (Wildman–Crippen LogP) is 2.37. The van der Waals surface area contributed by atoms with E-state index in [4.69, 9.17) is 5.73 Å². The Balaban J connectivity index is 2.40. The maximum atomic E-state index is 5.90. The van der Waals surface area contributed by atoms with E-state index in [9.17, 15) is 0 Å². The number of hydrogen-bond acceptors (Lipinski definition) is 7. The second-order valence-corrected chi connectivity index (χ2v) is 6.43. The molecule has 5 nitrogen and oxygen atoms in total. The van der Waals surface area contributed by atoms with Crippen molar-refractivity contribution in [2.45, 2.75) is 49.5 Å². The molecule has 2 N–H and O–H groups in total. The van der Waals surface area contributed by atoms with Gasteiger partial charge >= 0.3 is 0 Å². The Morgan fingerprint density at radius 1 is 1.05 bits per heavy atom. The molecule has 0 bridgehead atoms. The van der Waals surface area contributed by atoms with Crippen molar-refractivity contribution < 1.29 is 0 Å². The molecule has 0 aliphatic carbocycles. The first kappa shape index (κ1) is 14.4. The topological polar surface area (TPSA) is 77.6 Å². The molecule has 0 saturated carbocycles. The maximum absolute atomic E-state index is 5.90. The summed E-state index contributed by atoms with van der Waals surface area (Å²) < 4.78 is 0.882. The highest BCUT2D eigenvalue weighted by Gasteiger charge is 2.15. The Morgan fingerprint density at radius 2 is 1.84 bits per heavy atom. The lowest BCUT2D eigenvalue weighted by molar-refractivity contribution is 0.781. The third-order valence-corrected chi connectivity index (χ3v) is 4.73. The Hall–Kier alpha value is -1.05. The van der Waals surface area contributed by atoms with Gasteiger partial charge in [0.25, 0.3) is 0 Å². The van der Waals surface area contributed by atoms with E-state index in [0.717, 1.165) is 38.5 Å². The average molecular weight is 295 g/mol. The van der Waals surface area contributed by atoms with Gasteiger partial charge in [0, 0.05) is 12.1 Å². The van der Waals surface area contributed by atoms with Crippen LogP contribution < -0.4 is 5.73 Å². The number of nitrogens with two attached hydrogens (primary N) is 1. The number of aryl methyl sites for hydroxylation is 2. The van der Waals surface area contributed by atoms with Crippen molar-refractivity contribution >= 4 is 23.1 Å². The van der Waals surface area contributed by atoms with Crippen molar-refractivity contribution in [2.24, 2.45) is 5.73 Å². The van der Waals surface area contributed by atoms with Crippen molar-refractivity contribution in [1.82, 2.24) is 20.4 Å². The van der Waals surface area contributed by atoms with Gasteiger partial charge in [0.1, 0.15) is 10.0 Å². The van der Waals surface area contributed by atoms with Gasteiger partial charge in [0.15, 0.2) is 4.34 Å². The molecule has 0 aromatic carbocycles. The zero-order valence-corrected chi connectivity index (χ0v) is 12.9. The number of hydrogen-bond donors (Lipinski definition) is 1. The van der Waals surface area contributed by atoms with Crippen molar-refractivity contribution in [1.29, 1.82) is 0 Å². The fourth-order valence-electron chi connectivity index (χ4n) is 1.93. The van der Waals surface area contributed by atoms with Gasteiger partial charge in [-0.15, -0.1) is 15.3 Å². The lowest BCUT2D eigenvalue weighted by Gasteiger charge is -2.12. The molecule has 0 atom stereocenters. The molecule has 0 aliphatic heterocycles. The van der Waals surface area contributed by atoms with E-state index in [2.05, 4.69) is 34.2 Å². The zero-order chi connectivity index (χ0) is 13.8. The van der Waals surface area contributed by atoms with Crippen LogP contribution in [0.5, 0.6) is 0 Å².